The summed E-state index contributed by atoms with van der Waals surface area (Å²) in [7, 11) is 0. The Balaban J connectivity index is 1.82. The maximum Gasteiger partial charge on any atom is 0.217 e. The van der Waals surface area contributed by atoms with E-state index in [1.54, 1.807) is 6.92 Å². The van der Waals surface area contributed by atoms with Gasteiger partial charge in [-0.3, -0.25) is 4.79 Å². The third-order valence-electron chi connectivity index (χ3n) is 6.86. The van der Waals surface area contributed by atoms with Crippen molar-refractivity contribution in [2.24, 2.45) is 23.2 Å². The molecule has 3 fully saturated rings. The van der Waals surface area contributed by atoms with E-state index >= 15 is 0 Å². The van der Waals surface area contributed by atoms with Crippen molar-refractivity contribution in [2.75, 3.05) is 13.1 Å². The molecule has 6 atom stereocenters. The smallest absolute Gasteiger partial charge is 0.217 e. The summed E-state index contributed by atoms with van der Waals surface area (Å²) in [6, 6.07) is 0.240. The SMILES string of the molecule is CC(=O)NC1CC2C(O)C(C)C=C3N4CCCC1C32CCC4. The van der Waals surface area contributed by atoms with E-state index in [1.165, 1.54) is 37.9 Å². The van der Waals surface area contributed by atoms with Crippen molar-refractivity contribution in [2.45, 2.75) is 58.1 Å². The average Bonchev–Trinajstić information content (AvgIpc) is 2.71. The second-order valence-corrected chi connectivity index (χ2v) is 7.93. The summed E-state index contributed by atoms with van der Waals surface area (Å²) in [6.45, 7) is 6.08. The largest absolute Gasteiger partial charge is 0.392 e. The van der Waals surface area contributed by atoms with E-state index in [0.717, 1.165) is 13.0 Å². The third-order valence-corrected chi connectivity index (χ3v) is 6.86. The Hall–Kier alpha value is -1.03. The average molecular weight is 304 g/mol. The van der Waals surface area contributed by atoms with Gasteiger partial charge in [0.15, 0.2) is 0 Å². The maximum atomic E-state index is 11.7. The third kappa shape index (κ3) is 1.82. The fourth-order valence-corrected chi connectivity index (χ4v) is 6.17. The highest BCUT2D eigenvalue weighted by Gasteiger charge is 2.63. The van der Waals surface area contributed by atoms with Gasteiger partial charge < -0.3 is 15.3 Å². The standard InChI is InChI=1S/C18H28N2O2/c1-11-9-16-18-6-4-8-20(16)7-3-5-13(18)15(19-12(2)21)10-14(18)17(11)22/h9,11,13-15,17,22H,3-8,10H2,1-2H3,(H,19,21). The van der Waals surface area contributed by atoms with E-state index in [2.05, 4.69) is 23.2 Å². The molecule has 2 aliphatic carbocycles. The first-order chi connectivity index (χ1) is 10.5. The maximum absolute atomic E-state index is 11.7. The number of rotatable bonds is 1. The van der Waals surface area contributed by atoms with E-state index in [1.807, 2.05) is 0 Å². The first kappa shape index (κ1) is 14.6. The molecule has 1 amide bonds. The van der Waals surface area contributed by atoms with Crippen LogP contribution >= 0.6 is 0 Å². The van der Waals surface area contributed by atoms with Gasteiger partial charge in [-0.05, 0) is 43.9 Å². The van der Waals surface area contributed by atoms with Gasteiger partial charge in [0.05, 0.1) is 6.10 Å². The molecule has 6 unspecified atom stereocenters. The molecule has 22 heavy (non-hydrogen) atoms. The summed E-state index contributed by atoms with van der Waals surface area (Å²) >= 11 is 0. The molecule has 4 rings (SSSR count). The van der Waals surface area contributed by atoms with Gasteiger partial charge >= 0.3 is 0 Å². The lowest BCUT2D eigenvalue weighted by Crippen LogP contribution is -2.52. The Morgan fingerprint density at radius 3 is 2.91 bits per heavy atom. The molecule has 1 saturated carbocycles. The quantitative estimate of drug-likeness (QED) is 0.778. The van der Waals surface area contributed by atoms with Crippen LogP contribution in [-0.4, -0.2) is 41.1 Å². The van der Waals surface area contributed by atoms with Crippen molar-refractivity contribution >= 4 is 5.91 Å². The molecule has 1 spiro atoms. The number of piperidine rings is 1. The number of carbonyl (C=O) groups is 1. The molecule has 2 heterocycles. The van der Waals surface area contributed by atoms with Crippen LogP contribution in [0, 0.1) is 23.2 Å². The normalized spacial score (nSPS) is 46.6. The zero-order chi connectivity index (χ0) is 15.5. The molecule has 2 saturated heterocycles. The summed E-state index contributed by atoms with van der Waals surface area (Å²) in [5, 5.41) is 14.1. The summed E-state index contributed by atoms with van der Waals surface area (Å²) in [5.74, 6) is 1.11. The van der Waals surface area contributed by atoms with Crippen molar-refractivity contribution < 1.29 is 9.90 Å². The Morgan fingerprint density at radius 1 is 1.36 bits per heavy atom. The van der Waals surface area contributed by atoms with Crippen molar-refractivity contribution in [3.05, 3.63) is 11.8 Å². The summed E-state index contributed by atoms with van der Waals surface area (Å²) in [6.07, 6.45) is 7.83. The van der Waals surface area contributed by atoms with E-state index in [0.29, 0.717) is 11.8 Å². The van der Waals surface area contributed by atoms with Crippen molar-refractivity contribution in [3.8, 4) is 0 Å². The number of carbonyl (C=O) groups excluding carboxylic acids is 1. The number of allylic oxidation sites excluding steroid dienone is 1. The molecule has 2 N–H and O–H groups in total. The van der Waals surface area contributed by atoms with E-state index in [9.17, 15) is 9.90 Å². The van der Waals surface area contributed by atoms with Crippen LogP contribution in [0.1, 0.15) is 46.0 Å². The van der Waals surface area contributed by atoms with Crippen molar-refractivity contribution in [3.63, 3.8) is 0 Å². The number of nitrogens with one attached hydrogen (secondary N) is 1. The molecule has 4 nitrogen and oxygen atoms in total. The minimum Gasteiger partial charge on any atom is -0.392 e. The Morgan fingerprint density at radius 2 is 2.14 bits per heavy atom. The van der Waals surface area contributed by atoms with Crippen molar-refractivity contribution in [1.29, 1.82) is 0 Å². The second kappa shape index (κ2) is 4.98. The first-order valence-corrected chi connectivity index (χ1v) is 8.96. The Bertz CT molecular complexity index is 517. The van der Waals surface area contributed by atoms with Gasteiger partial charge in [-0.2, -0.15) is 0 Å². The fourth-order valence-electron chi connectivity index (χ4n) is 6.17. The van der Waals surface area contributed by atoms with Crippen LogP contribution in [0.25, 0.3) is 0 Å². The molecule has 0 aromatic rings. The monoisotopic (exact) mass is 304 g/mol. The van der Waals surface area contributed by atoms with Gasteiger partial charge in [0.25, 0.3) is 0 Å². The van der Waals surface area contributed by atoms with Gasteiger partial charge in [0.1, 0.15) is 0 Å². The summed E-state index contributed by atoms with van der Waals surface area (Å²) in [4.78, 5) is 14.3. The van der Waals surface area contributed by atoms with Crippen LogP contribution in [0.4, 0.5) is 0 Å². The lowest BCUT2D eigenvalue weighted by atomic mass is 9.58. The van der Waals surface area contributed by atoms with Crippen LogP contribution in [0.15, 0.2) is 11.8 Å². The molecule has 2 aliphatic heterocycles. The van der Waals surface area contributed by atoms with Gasteiger partial charge in [-0.25, -0.2) is 0 Å². The number of aliphatic hydroxyl groups excluding tert-OH is 1. The minimum absolute atomic E-state index is 0.0741. The van der Waals surface area contributed by atoms with E-state index in [4.69, 9.17) is 0 Å². The predicted molar refractivity (Wildman–Crippen MR) is 84.9 cm³/mol. The lowest BCUT2D eigenvalue weighted by Gasteiger charge is -2.53. The molecule has 4 heteroatoms. The molecule has 4 aliphatic rings. The lowest BCUT2D eigenvalue weighted by molar-refractivity contribution is -0.120. The van der Waals surface area contributed by atoms with E-state index < -0.39 is 0 Å². The topological polar surface area (TPSA) is 52.6 Å². The van der Waals surface area contributed by atoms with Gasteiger partial charge in [-0.1, -0.05) is 13.0 Å². The summed E-state index contributed by atoms with van der Waals surface area (Å²) in [5.41, 5.74) is 1.63. The number of aliphatic hydroxyl groups is 1. The number of hydrogen-bond donors (Lipinski definition) is 2. The van der Waals surface area contributed by atoms with Gasteiger partial charge in [0.2, 0.25) is 5.91 Å². The highest BCUT2D eigenvalue weighted by molar-refractivity contribution is 5.73. The van der Waals surface area contributed by atoms with Crippen LogP contribution in [0.3, 0.4) is 0 Å². The second-order valence-electron chi connectivity index (χ2n) is 7.93. The number of nitrogens with zero attached hydrogens (tertiary/aromatic N) is 1. The molecule has 0 aromatic heterocycles. The molecule has 0 radical (unpaired) electrons. The molecule has 0 aromatic carbocycles. The highest BCUT2D eigenvalue weighted by Crippen LogP contribution is 2.64. The number of hydrogen-bond acceptors (Lipinski definition) is 3. The summed E-state index contributed by atoms with van der Waals surface area (Å²) < 4.78 is 0. The first-order valence-electron chi connectivity index (χ1n) is 8.96. The zero-order valence-electron chi connectivity index (χ0n) is 13.7. The van der Waals surface area contributed by atoms with Crippen molar-refractivity contribution in [1.82, 2.24) is 10.2 Å². The molecule has 122 valence electrons. The van der Waals surface area contributed by atoms with Crippen LogP contribution < -0.4 is 5.32 Å². The highest BCUT2D eigenvalue weighted by atomic mass is 16.3. The fraction of sp³-hybridized carbons (Fsp3) is 0.833. The molecular formula is C18H28N2O2. The van der Waals surface area contributed by atoms with Crippen LogP contribution in [-0.2, 0) is 4.79 Å². The molecule has 2 bridgehead atoms. The van der Waals surface area contributed by atoms with Gasteiger partial charge in [0, 0.05) is 43.1 Å². The predicted octanol–water partition coefficient (Wildman–Crippen LogP) is 1.90. The zero-order valence-corrected chi connectivity index (χ0v) is 13.7. The Kier molecular flexibility index (Phi) is 3.30. The van der Waals surface area contributed by atoms with Crippen LogP contribution in [0.2, 0.25) is 0 Å². The van der Waals surface area contributed by atoms with Gasteiger partial charge in [-0.15, -0.1) is 0 Å². The number of amides is 1. The minimum atomic E-state index is -0.261. The Labute approximate surface area is 132 Å². The molecular weight excluding hydrogens is 276 g/mol. The van der Waals surface area contributed by atoms with Crippen LogP contribution in [0.5, 0.6) is 0 Å². The van der Waals surface area contributed by atoms with E-state index in [-0.39, 0.29) is 29.4 Å².